The van der Waals surface area contributed by atoms with Gasteiger partial charge in [-0.15, -0.1) is 5.10 Å². The first-order valence-electron chi connectivity index (χ1n) is 8.20. The number of hydrogen-bond acceptors (Lipinski definition) is 3. The smallest absolute Gasteiger partial charge is 0.0786 e. The van der Waals surface area contributed by atoms with Crippen molar-refractivity contribution in [1.29, 1.82) is 0 Å². The van der Waals surface area contributed by atoms with E-state index in [4.69, 9.17) is 0 Å². The minimum atomic E-state index is 0.854. The Morgan fingerprint density at radius 2 is 2.00 bits per heavy atom. The molecule has 1 aromatic heterocycles. The Morgan fingerprint density at radius 3 is 2.86 bits per heavy atom. The quantitative estimate of drug-likeness (QED) is 0.813. The highest BCUT2D eigenvalue weighted by Crippen LogP contribution is 2.29. The number of aromatic nitrogens is 3. The number of hydrogen-bond donors (Lipinski definition) is 0. The predicted octanol–water partition coefficient (Wildman–Crippen LogP) is 3.93. The second-order valence-electron chi connectivity index (χ2n) is 6.58. The van der Waals surface area contributed by atoms with E-state index < -0.39 is 0 Å². The average Bonchev–Trinajstić information content (AvgIpc) is 2.91. The summed E-state index contributed by atoms with van der Waals surface area (Å²) >= 11 is 3.60. The lowest BCUT2D eigenvalue weighted by Gasteiger charge is -2.28. The fourth-order valence-corrected chi connectivity index (χ4v) is 4.25. The summed E-state index contributed by atoms with van der Waals surface area (Å²) in [7, 11) is 0. The fourth-order valence-electron chi connectivity index (χ4n) is 3.84. The van der Waals surface area contributed by atoms with Crippen LogP contribution in [0.2, 0.25) is 0 Å². The summed E-state index contributed by atoms with van der Waals surface area (Å²) in [5.74, 6) is 0.854. The predicted molar refractivity (Wildman–Crippen MR) is 89.7 cm³/mol. The zero-order valence-electron chi connectivity index (χ0n) is 12.7. The maximum Gasteiger partial charge on any atom is 0.0786 e. The molecule has 1 saturated carbocycles. The van der Waals surface area contributed by atoms with Crippen molar-refractivity contribution >= 4 is 15.9 Å². The molecule has 0 bridgehead atoms. The van der Waals surface area contributed by atoms with Crippen LogP contribution in [0.5, 0.6) is 0 Å². The van der Waals surface area contributed by atoms with Crippen LogP contribution < -0.4 is 0 Å². The SMILES string of the molecule is Brc1ccc2c(c1)CN(CC1CCCCC1)Cc1cnnn1-2. The third-order valence-corrected chi connectivity index (χ3v) is 5.40. The van der Waals surface area contributed by atoms with Crippen LogP contribution in [-0.2, 0) is 13.1 Å². The Hall–Kier alpha value is -1.20. The molecule has 4 nitrogen and oxygen atoms in total. The molecule has 0 amide bonds. The van der Waals surface area contributed by atoms with Crippen molar-refractivity contribution in [3.63, 3.8) is 0 Å². The van der Waals surface area contributed by atoms with Gasteiger partial charge in [-0.05, 0) is 42.5 Å². The molecule has 4 rings (SSSR count). The van der Waals surface area contributed by atoms with E-state index in [1.54, 1.807) is 0 Å². The summed E-state index contributed by atoms with van der Waals surface area (Å²) in [6, 6.07) is 6.45. The lowest BCUT2D eigenvalue weighted by atomic mass is 9.89. The molecule has 1 aromatic carbocycles. The summed E-state index contributed by atoms with van der Waals surface area (Å²) in [6.07, 6.45) is 8.91. The van der Waals surface area contributed by atoms with Gasteiger partial charge < -0.3 is 0 Å². The van der Waals surface area contributed by atoms with Crippen molar-refractivity contribution in [3.05, 3.63) is 40.1 Å². The second-order valence-corrected chi connectivity index (χ2v) is 7.50. The van der Waals surface area contributed by atoms with Crippen LogP contribution in [0, 0.1) is 5.92 Å². The largest absolute Gasteiger partial charge is 0.293 e. The molecule has 0 N–H and O–H groups in total. The van der Waals surface area contributed by atoms with Crippen molar-refractivity contribution in [1.82, 2.24) is 19.9 Å². The molecule has 5 heteroatoms. The molecule has 2 heterocycles. The standard InChI is InChI=1S/C17H21BrN4/c18-15-6-7-17-14(8-15)11-21(10-13-4-2-1-3-5-13)12-16-9-19-20-22(16)17/h6-9,13H,1-5,10-12H2. The van der Waals surface area contributed by atoms with Crippen molar-refractivity contribution < 1.29 is 0 Å². The molecule has 0 spiro atoms. The first-order valence-corrected chi connectivity index (χ1v) is 8.99. The molecule has 0 saturated heterocycles. The molecule has 2 aliphatic rings. The van der Waals surface area contributed by atoms with Gasteiger partial charge in [-0.1, -0.05) is 40.4 Å². The van der Waals surface area contributed by atoms with Crippen LogP contribution in [0.25, 0.3) is 5.69 Å². The van der Waals surface area contributed by atoms with Crippen molar-refractivity contribution in [2.75, 3.05) is 6.54 Å². The van der Waals surface area contributed by atoms with Gasteiger partial charge in [0, 0.05) is 24.1 Å². The van der Waals surface area contributed by atoms with Gasteiger partial charge in [-0.2, -0.15) is 0 Å². The van der Waals surface area contributed by atoms with E-state index >= 15 is 0 Å². The summed E-state index contributed by atoms with van der Waals surface area (Å²) in [6.45, 7) is 3.13. The van der Waals surface area contributed by atoms with E-state index in [0.29, 0.717) is 0 Å². The number of nitrogens with zero attached hydrogens (tertiary/aromatic N) is 4. The molecule has 1 aliphatic heterocycles. The van der Waals surface area contributed by atoms with Crippen LogP contribution in [0.1, 0.15) is 43.4 Å². The maximum absolute atomic E-state index is 4.29. The minimum Gasteiger partial charge on any atom is -0.293 e. The summed E-state index contributed by atoms with van der Waals surface area (Å²) in [4.78, 5) is 2.57. The van der Waals surface area contributed by atoms with Gasteiger partial charge in [0.15, 0.2) is 0 Å². The Bertz CT molecular complexity index is 660. The molecule has 0 atom stereocenters. The third kappa shape index (κ3) is 2.84. The fraction of sp³-hybridized carbons (Fsp3) is 0.529. The number of halogens is 1. The maximum atomic E-state index is 4.29. The molecule has 2 aromatic rings. The van der Waals surface area contributed by atoms with Crippen molar-refractivity contribution in [2.24, 2.45) is 5.92 Å². The first kappa shape index (κ1) is 14.4. The lowest BCUT2D eigenvalue weighted by Crippen LogP contribution is -2.29. The molecule has 22 heavy (non-hydrogen) atoms. The van der Waals surface area contributed by atoms with Gasteiger partial charge in [0.25, 0.3) is 0 Å². The van der Waals surface area contributed by atoms with Gasteiger partial charge in [0.1, 0.15) is 0 Å². The Balaban J connectivity index is 1.64. The molecular formula is C17H21BrN4. The zero-order valence-corrected chi connectivity index (χ0v) is 14.3. The van der Waals surface area contributed by atoms with Gasteiger partial charge in [-0.25, -0.2) is 4.68 Å². The third-order valence-electron chi connectivity index (χ3n) is 4.91. The van der Waals surface area contributed by atoms with Crippen molar-refractivity contribution in [2.45, 2.75) is 45.2 Å². The lowest BCUT2D eigenvalue weighted by molar-refractivity contribution is 0.187. The molecule has 1 fully saturated rings. The summed E-state index contributed by atoms with van der Waals surface area (Å²) in [5, 5.41) is 8.42. The topological polar surface area (TPSA) is 34.0 Å². The monoisotopic (exact) mass is 360 g/mol. The summed E-state index contributed by atoms with van der Waals surface area (Å²) in [5.41, 5.74) is 3.69. The van der Waals surface area contributed by atoms with Crippen LogP contribution in [-0.4, -0.2) is 26.4 Å². The van der Waals surface area contributed by atoms with E-state index in [1.807, 2.05) is 10.9 Å². The van der Waals surface area contributed by atoms with Gasteiger partial charge in [-0.3, -0.25) is 4.90 Å². The highest BCUT2D eigenvalue weighted by Gasteiger charge is 2.23. The average molecular weight is 361 g/mol. The van der Waals surface area contributed by atoms with Crippen molar-refractivity contribution in [3.8, 4) is 5.69 Å². The first-order chi connectivity index (χ1) is 10.8. The Kier molecular flexibility index (Phi) is 4.01. The van der Waals surface area contributed by atoms with E-state index in [2.05, 4.69) is 49.3 Å². The number of benzene rings is 1. The van der Waals surface area contributed by atoms with Gasteiger partial charge in [0.2, 0.25) is 0 Å². The van der Waals surface area contributed by atoms with Gasteiger partial charge in [0.05, 0.1) is 17.6 Å². The minimum absolute atomic E-state index is 0.854. The van der Waals surface area contributed by atoms with E-state index in [-0.39, 0.29) is 0 Å². The highest BCUT2D eigenvalue weighted by molar-refractivity contribution is 9.10. The Morgan fingerprint density at radius 1 is 1.14 bits per heavy atom. The van der Waals surface area contributed by atoms with Crippen LogP contribution in [0.4, 0.5) is 0 Å². The molecular weight excluding hydrogens is 340 g/mol. The highest BCUT2D eigenvalue weighted by atomic mass is 79.9. The Labute approximate surface area is 139 Å². The second kappa shape index (κ2) is 6.13. The molecule has 116 valence electrons. The number of fused-ring (bicyclic) bond motifs is 3. The van der Waals surface area contributed by atoms with Crippen LogP contribution in [0.15, 0.2) is 28.9 Å². The van der Waals surface area contributed by atoms with Crippen LogP contribution in [0.3, 0.4) is 0 Å². The molecule has 1 aliphatic carbocycles. The molecule has 0 unspecified atom stereocenters. The van der Waals surface area contributed by atoms with Gasteiger partial charge >= 0.3 is 0 Å². The van der Waals surface area contributed by atoms with E-state index in [9.17, 15) is 0 Å². The number of rotatable bonds is 2. The molecule has 0 radical (unpaired) electrons. The summed E-state index contributed by atoms with van der Waals surface area (Å²) < 4.78 is 3.13. The zero-order chi connectivity index (χ0) is 14.9. The normalized spacial score (nSPS) is 19.5. The van der Waals surface area contributed by atoms with Crippen LogP contribution >= 0.6 is 15.9 Å². The van der Waals surface area contributed by atoms with E-state index in [0.717, 1.165) is 23.5 Å². The van der Waals surface area contributed by atoms with E-state index in [1.165, 1.54) is 55.6 Å².